The molecule has 2 aromatic rings. The van der Waals surface area contributed by atoms with Crippen LogP contribution in [0.15, 0.2) is 55.3 Å². The number of benzene rings is 1. The Kier molecular flexibility index (Phi) is 7.82. The second-order valence-electron chi connectivity index (χ2n) is 10.7. The summed E-state index contributed by atoms with van der Waals surface area (Å²) in [5, 5.41) is 10.2. The van der Waals surface area contributed by atoms with Crippen molar-refractivity contribution in [1.82, 2.24) is 9.47 Å². The zero-order chi connectivity index (χ0) is 22.5. The third-order valence-electron chi connectivity index (χ3n) is 7.13. The van der Waals surface area contributed by atoms with E-state index in [1.807, 2.05) is 6.08 Å². The second kappa shape index (κ2) is 10.2. The summed E-state index contributed by atoms with van der Waals surface area (Å²) in [6.45, 7) is 15.7. The molecule has 0 saturated heterocycles. The van der Waals surface area contributed by atoms with E-state index in [1.165, 1.54) is 48.9 Å². The van der Waals surface area contributed by atoms with E-state index < -0.39 is 5.54 Å². The lowest BCUT2D eigenvalue weighted by Gasteiger charge is -2.41. The minimum Gasteiger partial charge on any atom is -0.394 e. The smallest absolute Gasteiger partial charge is 0.0648 e. The third kappa shape index (κ3) is 6.11. The Morgan fingerprint density at radius 1 is 1.06 bits per heavy atom. The SMILES string of the molecule is C=C[C@](C)(CO)N(Cc1cccn1Cc1ccc(C(C)(C)C)cc1)CC1CCCCC1. The average Bonchev–Trinajstić information content (AvgIpc) is 3.19. The van der Waals surface area contributed by atoms with Crippen molar-refractivity contribution in [3.63, 3.8) is 0 Å². The molecule has 1 N–H and O–H groups in total. The Morgan fingerprint density at radius 3 is 2.32 bits per heavy atom. The molecule has 3 rings (SSSR count). The van der Waals surface area contributed by atoms with E-state index in [0.717, 1.165) is 19.6 Å². The van der Waals surface area contributed by atoms with Gasteiger partial charge in [0, 0.05) is 31.5 Å². The van der Waals surface area contributed by atoms with Crippen molar-refractivity contribution < 1.29 is 5.11 Å². The van der Waals surface area contributed by atoms with Crippen molar-refractivity contribution in [2.24, 2.45) is 5.92 Å². The second-order valence-corrected chi connectivity index (χ2v) is 10.7. The van der Waals surface area contributed by atoms with Gasteiger partial charge < -0.3 is 9.67 Å². The van der Waals surface area contributed by atoms with Crippen LogP contribution in [0.25, 0.3) is 0 Å². The number of aliphatic hydroxyl groups excluding tert-OH is 1. The zero-order valence-corrected chi connectivity index (χ0v) is 20.1. The summed E-state index contributed by atoms with van der Waals surface area (Å²) in [5.74, 6) is 0.716. The van der Waals surface area contributed by atoms with E-state index in [4.69, 9.17) is 0 Å². The lowest BCUT2D eigenvalue weighted by Crippen LogP contribution is -2.49. The van der Waals surface area contributed by atoms with Gasteiger partial charge in [-0.15, -0.1) is 6.58 Å². The van der Waals surface area contributed by atoms with E-state index in [9.17, 15) is 5.11 Å². The number of nitrogens with zero attached hydrogens (tertiary/aromatic N) is 2. The van der Waals surface area contributed by atoms with Crippen LogP contribution in [0, 0.1) is 5.92 Å². The van der Waals surface area contributed by atoms with E-state index in [1.54, 1.807) is 0 Å². The predicted molar refractivity (Wildman–Crippen MR) is 131 cm³/mol. The Bertz CT molecular complexity index is 823. The van der Waals surface area contributed by atoms with Crippen LogP contribution in [0.3, 0.4) is 0 Å². The summed E-state index contributed by atoms with van der Waals surface area (Å²) in [7, 11) is 0. The highest BCUT2D eigenvalue weighted by molar-refractivity contribution is 5.28. The van der Waals surface area contributed by atoms with Crippen LogP contribution in [0.4, 0.5) is 0 Å². The molecule has 1 atom stereocenters. The van der Waals surface area contributed by atoms with Gasteiger partial charge in [-0.2, -0.15) is 0 Å². The fraction of sp³-hybridized carbons (Fsp3) is 0.571. The van der Waals surface area contributed by atoms with Crippen LogP contribution in [-0.2, 0) is 18.5 Å². The van der Waals surface area contributed by atoms with Gasteiger partial charge in [0.25, 0.3) is 0 Å². The molecule has 1 aliphatic rings. The summed E-state index contributed by atoms with van der Waals surface area (Å²) < 4.78 is 2.35. The molecule has 1 fully saturated rings. The van der Waals surface area contributed by atoms with Crippen molar-refractivity contribution in [2.45, 2.75) is 83.8 Å². The highest BCUT2D eigenvalue weighted by atomic mass is 16.3. The normalized spacial score (nSPS) is 17.6. The maximum absolute atomic E-state index is 10.2. The minimum atomic E-state index is -0.402. The molecule has 1 aromatic carbocycles. The van der Waals surface area contributed by atoms with Crippen molar-refractivity contribution in [3.8, 4) is 0 Å². The van der Waals surface area contributed by atoms with Gasteiger partial charge >= 0.3 is 0 Å². The standard InChI is InChI=1S/C28H42N2O/c1-6-28(5,22-31)30(20-23-11-8-7-9-12-23)21-26-13-10-18-29(26)19-24-14-16-25(17-15-24)27(2,3)4/h6,10,13-18,23,31H,1,7-9,11-12,19-22H2,2-5H3/t28-/m1/s1. The molecule has 0 aliphatic heterocycles. The summed E-state index contributed by atoms with van der Waals surface area (Å²) in [6.07, 6.45) is 10.7. The molecule has 1 saturated carbocycles. The molecule has 1 aliphatic carbocycles. The number of aliphatic hydroxyl groups is 1. The molecule has 1 aromatic heterocycles. The molecule has 0 spiro atoms. The number of hydrogen-bond acceptors (Lipinski definition) is 2. The van der Waals surface area contributed by atoms with Gasteiger partial charge in [-0.25, -0.2) is 0 Å². The molecule has 0 radical (unpaired) electrons. The van der Waals surface area contributed by atoms with Crippen LogP contribution >= 0.6 is 0 Å². The quantitative estimate of drug-likeness (QED) is 0.491. The Hall–Kier alpha value is -1.84. The molecule has 3 heteroatoms. The first-order valence-electron chi connectivity index (χ1n) is 12.0. The lowest BCUT2D eigenvalue weighted by atomic mass is 9.87. The van der Waals surface area contributed by atoms with Crippen LogP contribution in [0.5, 0.6) is 0 Å². The van der Waals surface area contributed by atoms with Gasteiger partial charge in [-0.3, -0.25) is 4.90 Å². The van der Waals surface area contributed by atoms with Gasteiger partial charge in [0.1, 0.15) is 0 Å². The zero-order valence-electron chi connectivity index (χ0n) is 20.1. The molecule has 0 bridgehead atoms. The van der Waals surface area contributed by atoms with Gasteiger partial charge in [0.15, 0.2) is 0 Å². The van der Waals surface area contributed by atoms with E-state index in [0.29, 0.717) is 5.92 Å². The van der Waals surface area contributed by atoms with E-state index >= 15 is 0 Å². The van der Waals surface area contributed by atoms with E-state index in [-0.39, 0.29) is 12.0 Å². The maximum atomic E-state index is 10.2. The van der Waals surface area contributed by atoms with Gasteiger partial charge in [-0.1, -0.05) is 70.4 Å². The van der Waals surface area contributed by atoms with Crippen molar-refractivity contribution in [1.29, 1.82) is 0 Å². The molecule has 0 unspecified atom stereocenters. The van der Waals surface area contributed by atoms with Gasteiger partial charge in [0.2, 0.25) is 0 Å². The lowest BCUT2D eigenvalue weighted by molar-refractivity contribution is 0.0509. The molecule has 31 heavy (non-hydrogen) atoms. The first kappa shape index (κ1) is 23.8. The van der Waals surface area contributed by atoms with Gasteiger partial charge in [0.05, 0.1) is 12.1 Å². The fourth-order valence-corrected chi connectivity index (χ4v) is 4.68. The topological polar surface area (TPSA) is 28.4 Å². The van der Waals surface area contributed by atoms with Crippen molar-refractivity contribution in [3.05, 3.63) is 72.1 Å². The van der Waals surface area contributed by atoms with Crippen LogP contribution in [0.1, 0.15) is 76.6 Å². The minimum absolute atomic E-state index is 0.0954. The van der Waals surface area contributed by atoms with Crippen molar-refractivity contribution in [2.75, 3.05) is 13.2 Å². The summed E-state index contributed by atoms with van der Waals surface area (Å²) in [6, 6.07) is 13.4. The highest BCUT2D eigenvalue weighted by Crippen LogP contribution is 2.29. The van der Waals surface area contributed by atoms with Gasteiger partial charge in [-0.05, 0) is 54.4 Å². The number of aromatic nitrogens is 1. The summed E-state index contributed by atoms with van der Waals surface area (Å²) in [5.41, 5.74) is 3.75. The van der Waals surface area contributed by atoms with Crippen LogP contribution < -0.4 is 0 Å². The molecular formula is C28H42N2O. The molecule has 0 amide bonds. The molecular weight excluding hydrogens is 380 g/mol. The summed E-state index contributed by atoms with van der Waals surface area (Å²) >= 11 is 0. The third-order valence-corrected chi connectivity index (χ3v) is 7.13. The largest absolute Gasteiger partial charge is 0.394 e. The number of hydrogen-bond donors (Lipinski definition) is 1. The number of rotatable bonds is 9. The maximum Gasteiger partial charge on any atom is 0.0648 e. The Morgan fingerprint density at radius 2 is 1.74 bits per heavy atom. The van der Waals surface area contributed by atoms with Crippen LogP contribution in [0.2, 0.25) is 0 Å². The Balaban J connectivity index is 1.76. The molecule has 3 nitrogen and oxygen atoms in total. The average molecular weight is 423 g/mol. The van der Waals surface area contributed by atoms with Crippen LogP contribution in [-0.4, -0.2) is 33.3 Å². The highest BCUT2D eigenvalue weighted by Gasteiger charge is 2.31. The fourth-order valence-electron chi connectivity index (χ4n) is 4.68. The van der Waals surface area contributed by atoms with Crippen molar-refractivity contribution >= 4 is 0 Å². The first-order valence-corrected chi connectivity index (χ1v) is 12.0. The monoisotopic (exact) mass is 422 g/mol. The molecule has 1 heterocycles. The predicted octanol–water partition coefficient (Wildman–Crippen LogP) is 6.15. The van der Waals surface area contributed by atoms with E-state index in [2.05, 4.69) is 86.3 Å². The molecule has 170 valence electrons. The first-order chi connectivity index (χ1) is 14.7. The summed E-state index contributed by atoms with van der Waals surface area (Å²) in [4.78, 5) is 2.45. The Labute approximate surface area is 189 Å².